The Bertz CT molecular complexity index is 866. The van der Waals surface area contributed by atoms with E-state index in [0.29, 0.717) is 18.4 Å². The van der Waals surface area contributed by atoms with Crippen LogP contribution >= 0.6 is 0 Å². The zero-order valence-corrected chi connectivity index (χ0v) is 17.3. The summed E-state index contributed by atoms with van der Waals surface area (Å²) in [4.78, 5) is 24.3. The third kappa shape index (κ3) is 2.43. The highest BCUT2D eigenvalue weighted by Crippen LogP contribution is 2.70. The van der Waals surface area contributed by atoms with Crippen LogP contribution in [0, 0.1) is 18.3 Å². The Hall–Kier alpha value is -2.08. The molecule has 0 bridgehead atoms. The molecule has 6 unspecified atom stereocenters. The van der Waals surface area contributed by atoms with Crippen molar-refractivity contribution >= 4 is 11.9 Å². The molecule has 1 aromatic heterocycles. The molecule has 1 aliphatic heterocycles. The Morgan fingerprint density at radius 1 is 1.29 bits per heavy atom. The molecule has 6 nitrogen and oxygen atoms in total. The molecule has 1 saturated heterocycles. The fourth-order valence-corrected chi connectivity index (χ4v) is 5.31. The van der Waals surface area contributed by atoms with Crippen LogP contribution in [-0.4, -0.2) is 29.7 Å². The van der Waals surface area contributed by atoms with Crippen molar-refractivity contribution in [2.75, 3.05) is 0 Å². The second-order valence-electron chi connectivity index (χ2n) is 8.68. The Labute approximate surface area is 165 Å². The molecule has 28 heavy (non-hydrogen) atoms. The van der Waals surface area contributed by atoms with Gasteiger partial charge < -0.3 is 18.6 Å². The van der Waals surface area contributed by atoms with Gasteiger partial charge in [0.05, 0.1) is 6.26 Å². The second kappa shape index (κ2) is 6.21. The molecule has 0 amide bonds. The van der Waals surface area contributed by atoms with Gasteiger partial charge in [-0.1, -0.05) is 19.9 Å². The van der Waals surface area contributed by atoms with Crippen LogP contribution < -0.4 is 0 Å². The number of fused-ring (bicyclic) bond motifs is 1. The first kappa shape index (κ1) is 19.2. The van der Waals surface area contributed by atoms with Crippen molar-refractivity contribution in [2.45, 2.75) is 78.3 Å². The molecular formula is C22H28O6. The molecule has 3 aliphatic rings. The second-order valence-corrected chi connectivity index (χ2v) is 8.68. The van der Waals surface area contributed by atoms with Crippen LogP contribution in [0.4, 0.5) is 0 Å². The van der Waals surface area contributed by atoms with Crippen molar-refractivity contribution in [2.24, 2.45) is 11.3 Å². The lowest BCUT2D eigenvalue weighted by Crippen LogP contribution is -2.57. The normalized spacial score (nSPS) is 38.7. The van der Waals surface area contributed by atoms with E-state index in [4.69, 9.17) is 18.6 Å². The molecule has 6 atom stereocenters. The fraction of sp³-hybridized carbons (Fsp3) is 0.636. The monoisotopic (exact) mass is 388 g/mol. The van der Waals surface area contributed by atoms with Crippen LogP contribution in [0.5, 0.6) is 0 Å². The molecule has 152 valence electrons. The number of esters is 2. The SMILES string of the molecule is CC=C(C)C(=O)OC1c2c(C)coc2CC23OC2C(OC(C)=O)CC(C)C13C. The molecule has 6 heteroatoms. The third-order valence-electron chi connectivity index (χ3n) is 7.23. The van der Waals surface area contributed by atoms with Crippen molar-refractivity contribution < 1.29 is 28.2 Å². The standard InChI is InChI=1S/C22H28O6/c1-7-11(2)20(24)27-19-17-12(3)10-25-16(17)9-22-18(28-22)15(26-14(5)23)8-13(4)21(19,22)6/h7,10,13,15,18-19H,8-9H2,1-6H3. The Morgan fingerprint density at radius 3 is 2.64 bits per heavy atom. The molecule has 2 aliphatic carbocycles. The highest BCUT2D eigenvalue weighted by molar-refractivity contribution is 5.88. The number of hydrogen-bond donors (Lipinski definition) is 0. The number of rotatable bonds is 3. The van der Waals surface area contributed by atoms with Crippen LogP contribution in [0.25, 0.3) is 0 Å². The summed E-state index contributed by atoms with van der Waals surface area (Å²) < 4.78 is 23.8. The van der Waals surface area contributed by atoms with Gasteiger partial charge in [-0.3, -0.25) is 4.79 Å². The number of carbonyl (C=O) groups excluding carboxylic acids is 2. The number of carbonyl (C=O) groups is 2. The number of furan rings is 1. The lowest BCUT2D eigenvalue weighted by Gasteiger charge is -2.51. The zero-order valence-electron chi connectivity index (χ0n) is 17.3. The lowest BCUT2D eigenvalue weighted by molar-refractivity contribution is -0.168. The number of hydrogen-bond acceptors (Lipinski definition) is 6. The first-order valence-corrected chi connectivity index (χ1v) is 9.91. The first-order chi connectivity index (χ1) is 13.2. The Balaban J connectivity index is 1.79. The smallest absolute Gasteiger partial charge is 0.334 e. The topological polar surface area (TPSA) is 78.3 Å². The van der Waals surface area contributed by atoms with Gasteiger partial charge in [-0.15, -0.1) is 0 Å². The summed E-state index contributed by atoms with van der Waals surface area (Å²) in [7, 11) is 0. The first-order valence-electron chi connectivity index (χ1n) is 9.91. The number of ether oxygens (including phenoxy) is 3. The summed E-state index contributed by atoms with van der Waals surface area (Å²) in [6, 6.07) is 0. The van der Waals surface area contributed by atoms with Gasteiger partial charge in [0.2, 0.25) is 0 Å². The minimum Gasteiger partial charge on any atom is -0.469 e. The molecule has 1 spiro atoms. The Kier molecular flexibility index (Phi) is 4.27. The largest absolute Gasteiger partial charge is 0.469 e. The van der Waals surface area contributed by atoms with E-state index in [1.165, 1.54) is 6.92 Å². The maximum absolute atomic E-state index is 12.7. The van der Waals surface area contributed by atoms with E-state index in [1.807, 2.05) is 13.8 Å². The van der Waals surface area contributed by atoms with Crippen LogP contribution in [0.2, 0.25) is 0 Å². The number of aryl methyl sites for hydroxylation is 1. The maximum atomic E-state index is 12.7. The average molecular weight is 388 g/mol. The molecule has 4 rings (SSSR count). The van der Waals surface area contributed by atoms with E-state index >= 15 is 0 Å². The van der Waals surface area contributed by atoms with E-state index in [-0.39, 0.29) is 30.1 Å². The van der Waals surface area contributed by atoms with Gasteiger partial charge in [-0.2, -0.15) is 0 Å². The average Bonchev–Trinajstić information content (AvgIpc) is 3.26. The third-order valence-corrected chi connectivity index (χ3v) is 7.23. The minimum atomic E-state index is -0.559. The molecule has 1 saturated carbocycles. The number of epoxide rings is 1. The summed E-state index contributed by atoms with van der Waals surface area (Å²) in [6.07, 6.45) is 3.77. The van der Waals surface area contributed by atoms with Gasteiger partial charge in [0.25, 0.3) is 0 Å². The summed E-state index contributed by atoms with van der Waals surface area (Å²) in [6.45, 7) is 11.2. The van der Waals surface area contributed by atoms with Gasteiger partial charge in [-0.25, -0.2) is 4.79 Å². The van der Waals surface area contributed by atoms with Crippen molar-refractivity contribution in [1.29, 1.82) is 0 Å². The van der Waals surface area contributed by atoms with Crippen molar-refractivity contribution in [3.8, 4) is 0 Å². The van der Waals surface area contributed by atoms with E-state index in [0.717, 1.165) is 16.9 Å². The van der Waals surface area contributed by atoms with E-state index in [2.05, 4.69) is 13.8 Å². The summed E-state index contributed by atoms with van der Waals surface area (Å²) in [5.41, 5.74) is 1.50. The number of allylic oxidation sites excluding steroid dienone is 1. The van der Waals surface area contributed by atoms with Crippen molar-refractivity contribution in [1.82, 2.24) is 0 Å². The highest BCUT2D eigenvalue weighted by atomic mass is 16.7. The van der Waals surface area contributed by atoms with E-state index in [9.17, 15) is 9.59 Å². The zero-order chi connectivity index (χ0) is 20.4. The minimum absolute atomic E-state index is 0.113. The predicted molar refractivity (Wildman–Crippen MR) is 100 cm³/mol. The van der Waals surface area contributed by atoms with Crippen molar-refractivity contribution in [3.63, 3.8) is 0 Å². The predicted octanol–water partition coefficient (Wildman–Crippen LogP) is 3.81. The Morgan fingerprint density at radius 2 is 2.00 bits per heavy atom. The van der Waals surface area contributed by atoms with Gasteiger partial charge in [0, 0.05) is 29.9 Å². The highest BCUT2D eigenvalue weighted by Gasteiger charge is 2.79. The lowest BCUT2D eigenvalue weighted by atomic mass is 9.53. The van der Waals surface area contributed by atoms with Crippen LogP contribution in [0.15, 0.2) is 22.3 Å². The van der Waals surface area contributed by atoms with E-state index in [1.54, 1.807) is 19.3 Å². The molecular weight excluding hydrogens is 360 g/mol. The van der Waals surface area contributed by atoms with Crippen LogP contribution in [-0.2, 0) is 30.2 Å². The molecule has 0 aromatic carbocycles. The van der Waals surface area contributed by atoms with Crippen LogP contribution in [0.3, 0.4) is 0 Å². The van der Waals surface area contributed by atoms with Gasteiger partial charge in [0.15, 0.2) is 0 Å². The van der Waals surface area contributed by atoms with Gasteiger partial charge in [0.1, 0.15) is 29.7 Å². The van der Waals surface area contributed by atoms with Crippen molar-refractivity contribution in [3.05, 3.63) is 34.8 Å². The van der Waals surface area contributed by atoms with Gasteiger partial charge in [-0.05, 0) is 38.7 Å². The summed E-state index contributed by atoms with van der Waals surface area (Å²) >= 11 is 0. The molecule has 2 fully saturated rings. The molecule has 0 N–H and O–H groups in total. The van der Waals surface area contributed by atoms with Crippen LogP contribution in [0.1, 0.15) is 64.0 Å². The quantitative estimate of drug-likeness (QED) is 0.445. The maximum Gasteiger partial charge on any atom is 0.334 e. The molecule has 1 aromatic rings. The van der Waals surface area contributed by atoms with E-state index < -0.39 is 17.1 Å². The fourth-order valence-electron chi connectivity index (χ4n) is 5.31. The summed E-state index contributed by atoms with van der Waals surface area (Å²) in [5, 5.41) is 0. The molecule has 2 heterocycles. The molecule has 0 radical (unpaired) electrons. The summed E-state index contributed by atoms with van der Waals surface area (Å²) in [5.74, 6) is 0.276. The van der Waals surface area contributed by atoms with Gasteiger partial charge >= 0.3 is 11.9 Å².